The highest BCUT2D eigenvalue weighted by Gasteiger charge is 2.09. The Morgan fingerprint density at radius 2 is 2.28 bits per heavy atom. The SMILES string of the molecule is CCCNC(=O)COc1cc(Cl)ccc1C(N)=S. The zero-order valence-electron chi connectivity index (χ0n) is 10.0. The lowest BCUT2D eigenvalue weighted by Crippen LogP contribution is -2.29. The molecule has 18 heavy (non-hydrogen) atoms. The van der Waals surface area contributed by atoms with Gasteiger partial charge in [0.2, 0.25) is 0 Å². The number of hydrogen-bond donors (Lipinski definition) is 2. The number of rotatable bonds is 6. The van der Waals surface area contributed by atoms with Crippen molar-refractivity contribution >= 4 is 34.7 Å². The van der Waals surface area contributed by atoms with Crippen LogP contribution >= 0.6 is 23.8 Å². The number of carbonyl (C=O) groups is 1. The lowest BCUT2D eigenvalue weighted by molar-refractivity contribution is -0.123. The Hall–Kier alpha value is -1.33. The quantitative estimate of drug-likeness (QED) is 0.784. The van der Waals surface area contributed by atoms with Crippen LogP contribution in [0.25, 0.3) is 0 Å². The van der Waals surface area contributed by atoms with E-state index in [0.717, 1.165) is 6.42 Å². The molecule has 6 heteroatoms. The van der Waals surface area contributed by atoms with E-state index in [0.29, 0.717) is 22.9 Å². The maximum Gasteiger partial charge on any atom is 0.257 e. The molecule has 0 aliphatic carbocycles. The first-order valence-electron chi connectivity index (χ1n) is 5.53. The number of amides is 1. The summed E-state index contributed by atoms with van der Waals surface area (Å²) in [6, 6.07) is 4.92. The number of nitrogens with two attached hydrogens (primary N) is 1. The summed E-state index contributed by atoms with van der Waals surface area (Å²) in [5.74, 6) is 0.229. The van der Waals surface area contributed by atoms with Crippen LogP contribution in [0.5, 0.6) is 5.75 Å². The lowest BCUT2D eigenvalue weighted by Gasteiger charge is -2.11. The van der Waals surface area contributed by atoms with Gasteiger partial charge in [-0.15, -0.1) is 0 Å². The van der Waals surface area contributed by atoms with Crippen molar-refractivity contribution in [3.05, 3.63) is 28.8 Å². The standard InChI is InChI=1S/C12H15ClN2O2S/c1-2-5-15-11(16)7-17-10-6-8(13)3-4-9(10)12(14)18/h3-4,6H,2,5,7H2,1H3,(H2,14,18)(H,15,16). The normalized spacial score (nSPS) is 9.89. The van der Waals surface area contributed by atoms with Gasteiger partial charge in [0, 0.05) is 11.6 Å². The molecular formula is C12H15ClN2O2S. The third kappa shape index (κ3) is 4.50. The highest BCUT2D eigenvalue weighted by molar-refractivity contribution is 7.80. The largest absolute Gasteiger partial charge is 0.483 e. The summed E-state index contributed by atoms with van der Waals surface area (Å²) >= 11 is 10.8. The van der Waals surface area contributed by atoms with Crippen molar-refractivity contribution in [3.63, 3.8) is 0 Å². The molecule has 0 saturated heterocycles. The predicted molar refractivity (Wildman–Crippen MR) is 76.1 cm³/mol. The molecule has 0 saturated carbocycles. The molecular weight excluding hydrogens is 272 g/mol. The van der Waals surface area contributed by atoms with Crippen molar-refractivity contribution in [1.82, 2.24) is 5.32 Å². The molecule has 1 aromatic rings. The smallest absolute Gasteiger partial charge is 0.257 e. The summed E-state index contributed by atoms with van der Waals surface area (Å²) in [6.45, 7) is 2.51. The van der Waals surface area contributed by atoms with E-state index in [9.17, 15) is 4.79 Å². The van der Waals surface area contributed by atoms with E-state index in [1.165, 1.54) is 0 Å². The Morgan fingerprint density at radius 1 is 1.56 bits per heavy atom. The molecule has 0 atom stereocenters. The van der Waals surface area contributed by atoms with Crippen LogP contribution in [0.3, 0.4) is 0 Å². The van der Waals surface area contributed by atoms with Gasteiger partial charge in [0.1, 0.15) is 10.7 Å². The Bertz CT molecular complexity index is 452. The fourth-order valence-electron chi connectivity index (χ4n) is 1.28. The molecule has 0 heterocycles. The molecule has 0 bridgehead atoms. The van der Waals surface area contributed by atoms with Crippen molar-refractivity contribution in [2.45, 2.75) is 13.3 Å². The maximum atomic E-state index is 11.4. The van der Waals surface area contributed by atoms with Crippen molar-refractivity contribution in [3.8, 4) is 5.75 Å². The number of halogens is 1. The average Bonchev–Trinajstić information content (AvgIpc) is 2.33. The summed E-state index contributed by atoms with van der Waals surface area (Å²) in [5, 5.41) is 3.20. The minimum Gasteiger partial charge on any atom is -0.483 e. The van der Waals surface area contributed by atoms with Crippen LogP contribution in [0.15, 0.2) is 18.2 Å². The number of thiocarbonyl (C=S) groups is 1. The van der Waals surface area contributed by atoms with Crippen LogP contribution in [0, 0.1) is 0 Å². The third-order valence-electron chi connectivity index (χ3n) is 2.14. The maximum absolute atomic E-state index is 11.4. The van der Waals surface area contributed by atoms with Gasteiger partial charge in [-0.2, -0.15) is 0 Å². The van der Waals surface area contributed by atoms with Crippen molar-refractivity contribution in [1.29, 1.82) is 0 Å². The number of nitrogens with one attached hydrogen (secondary N) is 1. The van der Waals surface area contributed by atoms with Gasteiger partial charge in [0.15, 0.2) is 6.61 Å². The first-order valence-corrected chi connectivity index (χ1v) is 6.32. The fraction of sp³-hybridized carbons (Fsp3) is 0.333. The van der Waals surface area contributed by atoms with Gasteiger partial charge >= 0.3 is 0 Å². The van der Waals surface area contributed by atoms with Crippen LogP contribution in [-0.2, 0) is 4.79 Å². The summed E-state index contributed by atoms with van der Waals surface area (Å²) in [7, 11) is 0. The number of hydrogen-bond acceptors (Lipinski definition) is 3. The second kappa shape index (κ2) is 7.18. The van der Waals surface area contributed by atoms with Crippen LogP contribution < -0.4 is 15.8 Å². The molecule has 0 fully saturated rings. The first kappa shape index (κ1) is 14.7. The molecule has 1 rings (SSSR count). The lowest BCUT2D eigenvalue weighted by atomic mass is 10.2. The molecule has 0 spiro atoms. The Kier molecular flexibility index (Phi) is 5.88. The van der Waals surface area contributed by atoms with Gasteiger partial charge in [-0.3, -0.25) is 4.79 Å². The van der Waals surface area contributed by atoms with Gasteiger partial charge in [-0.25, -0.2) is 0 Å². The Labute approximate surface area is 116 Å². The van der Waals surface area contributed by atoms with Crippen molar-refractivity contribution < 1.29 is 9.53 Å². The summed E-state index contributed by atoms with van der Waals surface area (Å²) in [6.07, 6.45) is 0.876. The van der Waals surface area contributed by atoms with Gasteiger partial charge in [-0.05, 0) is 24.6 Å². The molecule has 98 valence electrons. The Balaban J connectivity index is 2.68. The summed E-state index contributed by atoms with van der Waals surface area (Å²) in [5.41, 5.74) is 6.13. The van der Waals surface area contributed by atoms with Crippen LogP contribution in [0.2, 0.25) is 5.02 Å². The van der Waals surface area contributed by atoms with E-state index in [1.54, 1.807) is 18.2 Å². The molecule has 0 aliphatic heterocycles. The van der Waals surface area contributed by atoms with Crippen molar-refractivity contribution in [2.75, 3.05) is 13.2 Å². The van der Waals surface area contributed by atoms with Gasteiger partial charge in [0.05, 0.1) is 5.56 Å². The Morgan fingerprint density at radius 3 is 2.89 bits per heavy atom. The summed E-state index contributed by atoms with van der Waals surface area (Å²) < 4.78 is 5.37. The molecule has 1 amide bonds. The van der Waals surface area contributed by atoms with E-state index in [1.807, 2.05) is 6.92 Å². The second-order valence-electron chi connectivity index (χ2n) is 3.64. The van der Waals surface area contributed by atoms with E-state index in [4.69, 9.17) is 34.3 Å². The number of ether oxygens (including phenoxy) is 1. The monoisotopic (exact) mass is 286 g/mol. The van der Waals surface area contributed by atoms with Crippen LogP contribution in [-0.4, -0.2) is 24.0 Å². The van der Waals surface area contributed by atoms with Gasteiger partial charge in [0.25, 0.3) is 5.91 Å². The fourth-order valence-corrected chi connectivity index (χ4v) is 1.61. The zero-order valence-corrected chi connectivity index (χ0v) is 11.6. The minimum atomic E-state index is -0.189. The first-order chi connectivity index (χ1) is 8.54. The average molecular weight is 287 g/mol. The molecule has 0 radical (unpaired) electrons. The van der Waals surface area contributed by atoms with Gasteiger partial charge in [-0.1, -0.05) is 30.7 Å². The molecule has 4 nitrogen and oxygen atoms in total. The highest BCUT2D eigenvalue weighted by atomic mass is 35.5. The summed E-state index contributed by atoms with van der Waals surface area (Å²) in [4.78, 5) is 11.6. The molecule has 0 aromatic heterocycles. The topological polar surface area (TPSA) is 64.3 Å². The van der Waals surface area contributed by atoms with E-state index < -0.39 is 0 Å². The number of carbonyl (C=O) groups excluding carboxylic acids is 1. The molecule has 3 N–H and O–H groups in total. The van der Waals surface area contributed by atoms with E-state index in [2.05, 4.69) is 5.32 Å². The molecule has 0 aliphatic rings. The molecule has 0 unspecified atom stereocenters. The molecule has 1 aromatic carbocycles. The minimum absolute atomic E-state index is 0.0873. The second-order valence-corrected chi connectivity index (χ2v) is 4.52. The zero-order chi connectivity index (χ0) is 13.5. The predicted octanol–water partition coefficient (Wildman–Crippen LogP) is 1.88. The van der Waals surface area contributed by atoms with Crippen LogP contribution in [0.1, 0.15) is 18.9 Å². The highest BCUT2D eigenvalue weighted by Crippen LogP contribution is 2.23. The van der Waals surface area contributed by atoms with E-state index >= 15 is 0 Å². The van der Waals surface area contributed by atoms with Gasteiger partial charge < -0.3 is 15.8 Å². The van der Waals surface area contributed by atoms with Crippen LogP contribution in [0.4, 0.5) is 0 Å². The van der Waals surface area contributed by atoms with Crippen molar-refractivity contribution in [2.24, 2.45) is 5.73 Å². The van der Waals surface area contributed by atoms with E-state index in [-0.39, 0.29) is 17.5 Å². The third-order valence-corrected chi connectivity index (χ3v) is 2.60. The number of benzene rings is 1.